The lowest BCUT2D eigenvalue weighted by molar-refractivity contribution is -0.114. The van der Waals surface area contributed by atoms with Gasteiger partial charge in [-0.05, 0) is 48.7 Å². The monoisotopic (exact) mass is 401 g/mol. The van der Waals surface area contributed by atoms with Crippen LogP contribution in [0.4, 0.5) is 5.69 Å². The van der Waals surface area contributed by atoms with E-state index in [1.165, 1.54) is 11.2 Å². The van der Waals surface area contributed by atoms with Gasteiger partial charge in [0, 0.05) is 37.8 Å². The summed E-state index contributed by atoms with van der Waals surface area (Å²) in [6.07, 6.45) is 1.79. The van der Waals surface area contributed by atoms with Crippen molar-refractivity contribution in [1.29, 1.82) is 0 Å². The Morgan fingerprint density at radius 2 is 1.71 bits per heavy atom. The number of hydrogen-bond acceptors (Lipinski definition) is 4. The molecule has 2 N–H and O–H groups in total. The molecule has 0 saturated carbocycles. The maximum Gasteiger partial charge on any atom is 0.251 e. The standard InChI is InChI=1S/C20H23N3O4S/c1-15(24)22-18-6-4-5-17(13-18)20(25)21-14-16-7-9-19(10-8-16)28(26,27)23-11-2-3-12-23/h4-10,13H,2-3,11-12,14H2,1H3,(H,21,25)(H,22,24). The summed E-state index contributed by atoms with van der Waals surface area (Å²) in [5.74, 6) is -0.484. The largest absolute Gasteiger partial charge is 0.348 e. The van der Waals surface area contributed by atoms with Gasteiger partial charge < -0.3 is 10.6 Å². The molecule has 1 heterocycles. The molecule has 8 heteroatoms. The molecule has 1 fully saturated rings. The minimum atomic E-state index is -3.43. The van der Waals surface area contributed by atoms with E-state index in [-0.39, 0.29) is 23.3 Å². The van der Waals surface area contributed by atoms with E-state index in [1.54, 1.807) is 48.5 Å². The van der Waals surface area contributed by atoms with Gasteiger partial charge in [0.1, 0.15) is 0 Å². The number of amides is 2. The van der Waals surface area contributed by atoms with E-state index in [0.717, 1.165) is 18.4 Å². The zero-order valence-corrected chi connectivity index (χ0v) is 16.5. The molecule has 3 rings (SSSR count). The minimum absolute atomic E-state index is 0.207. The number of benzene rings is 2. The van der Waals surface area contributed by atoms with E-state index >= 15 is 0 Å². The van der Waals surface area contributed by atoms with E-state index in [1.807, 2.05) is 0 Å². The van der Waals surface area contributed by atoms with E-state index in [0.29, 0.717) is 24.3 Å². The molecule has 7 nitrogen and oxygen atoms in total. The van der Waals surface area contributed by atoms with Gasteiger partial charge in [0.25, 0.3) is 5.91 Å². The highest BCUT2D eigenvalue weighted by atomic mass is 32.2. The predicted octanol–water partition coefficient (Wildman–Crippen LogP) is 2.36. The Morgan fingerprint density at radius 1 is 1.04 bits per heavy atom. The Kier molecular flexibility index (Phi) is 6.11. The first-order valence-corrected chi connectivity index (χ1v) is 10.6. The van der Waals surface area contributed by atoms with E-state index in [2.05, 4.69) is 10.6 Å². The number of carbonyl (C=O) groups excluding carboxylic acids is 2. The van der Waals surface area contributed by atoms with Gasteiger partial charge in [-0.3, -0.25) is 9.59 Å². The van der Waals surface area contributed by atoms with Crippen molar-refractivity contribution in [1.82, 2.24) is 9.62 Å². The summed E-state index contributed by atoms with van der Waals surface area (Å²) in [5.41, 5.74) is 1.78. The highest BCUT2D eigenvalue weighted by molar-refractivity contribution is 7.89. The lowest BCUT2D eigenvalue weighted by atomic mass is 10.1. The molecular weight excluding hydrogens is 378 g/mol. The van der Waals surface area contributed by atoms with E-state index in [9.17, 15) is 18.0 Å². The van der Waals surface area contributed by atoms with Crippen LogP contribution in [0.1, 0.15) is 35.7 Å². The fourth-order valence-corrected chi connectivity index (χ4v) is 4.60. The van der Waals surface area contributed by atoms with Gasteiger partial charge in [0.15, 0.2) is 0 Å². The third-order valence-electron chi connectivity index (χ3n) is 4.52. The Bertz CT molecular complexity index is 965. The van der Waals surface area contributed by atoms with Crippen molar-refractivity contribution in [2.75, 3.05) is 18.4 Å². The molecule has 0 aromatic heterocycles. The summed E-state index contributed by atoms with van der Waals surface area (Å²) in [4.78, 5) is 23.7. The van der Waals surface area contributed by atoms with Crippen molar-refractivity contribution in [3.05, 3.63) is 59.7 Å². The second-order valence-corrected chi connectivity index (χ2v) is 8.64. The van der Waals surface area contributed by atoms with Crippen LogP contribution in [-0.4, -0.2) is 37.6 Å². The van der Waals surface area contributed by atoms with E-state index in [4.69, 9.17) is 0 Å². The first-order chi connectivity index (χ1) is 13.4. The minimum Gasteiger partial charge on any atom is -0.348 e. The summed E-state index contributed by atoms with van der Waals surface area (Å²) in [7, 11) is -3.43. The molecule has 2 aromatic carbocycles. The number of anilines is 1. The lowest BCUT2D eigenvalue weighted by Gasteiger charge is -2.15. The zero-order chi connectivity index (χ0) is 20.1. The van der Waals surface area contributed by atoms with Crippen molar-refractivity contribution in [3.63, 3.8) is 0 Å². The fourth-order valence-electron chi connectivity index (χ4n) is 3.08. The van der Waals surface area contributed by atoms with Gasteiger partial charge in [0.05, 0.1) is 4.90 Å². The van der Waals surface area contributed by atoms with Crippen LogP contribution in [0.2, 0.25) is 0 Å². The number of sulfonamides is 1. The summed E-state index contributed by atoms with van der Waals surface area (Å²) in [5, 5.41) is 5.44. The van der Waals surface area contributed by atoms with Crippen LogP contribution < -0.4 is 10.6 Å². The Balaban J connectivity index is 1.62. The van der Waals surface area contributed by atoms with Gasteiger partial charge in [-0.25, -0.2) is 8.42 Å². The molecule has 0 unspecified atom stereocenters. The number of hydrogen-bond donors (Lipinski definition) is 2. The predicted molar refractivity (Wildman–Crippen MR) is 106 cm³/mol. The number of nitrogens with zero attached hydrogens (tertiary/aromatic N) is 1. The molecule has 2 amide bonds. The molecule has 2 aromatic rings. The van der Waals surface area contributed by atoms with Crippen molar-refractivity contribution >= 4 is 27.5 Å². The average molecular weight is 401 g/mol. The molecule has 1 aliphatic rings. The number of carbonyl (C=O) groups is 2. The Morgan fingerprint density at radius 3 is 2.36 bits per heavy atom. The van der Waals surface area contributed by atoms with Crippen molar-refractivity contribution in [2.45, 2.75) is 31.2 Å². The van der Waals surface area contributed by atoms with E-state index < -0.39 is 10.0 Å². The van der Waals surface area contributed by atoms with Crippen molar-refractivity contribution in [2.24, 2.45) is 0 Å². The zero-order valence-electron chi connectivity index (χ0n) is 15.6. The Hall–Kier alpha value is -2.71. The van der Waals surface area contributed by atoms with Crippen LogP contribution in [0.25, 0.3) is 0 Å². The molecule has 0 spiro atoms. The second kappa shape index (κ2) is 8.53. The second-order valence-electron chi connectivity index (χ2n) is 6.70. The van der Waals surface area contributed by atoms with Crippen molar-refractivity contribution < 1.29 is 18.0 Å². The first kappa shape index (κ1) is 20.0. The molecule has 1 aliphatic heterocycles. The third kappa shape index (κ3) is 4.76. The molecule has 148 valence electrons. The molecule has 0 radical (unpaired) electrons. The van der Waals surface area contributed by atoms with Gasteiger partial charge in [-0.15, -0.1) is 0 Å². The van der Waals surface area contributed by atoms with Crippen LogP contribution in [0.5, 0.6) is 0 Å². The summed E-state index contributed by atoms with van der Waals surface area (Å²) in [6.45, 7) is 2.81. The van der Waals surface area contributed by atoms with Crippen LogP contribution in [0.3, 0.4) is 0 Å². The summed E-state index contributed by atoms with van der Waals surface area (Å²) < 4.78 is 26.6. The highest BCUT2D eigenvalue weighted by Crippen LogP contribution is 2.21. The molecule has 0 bridgehead atoms. The maximum absolute atomic E-state index is 12.5. The molecule has 0 aliphatic carbocycles. The number of rotatable bonds is 6. The SMILES string of the molecule is CC(=O)Nc1cccc(C(=O)NCc2ccc(S(=O)(=O)N3CCCC3)cc2)c1. The maximum atomic E-state index is 12.5. The summed E-state index contributed by atoms with van der Waals surface area (Å²) >= 11 is 0. The van der Waals surface area contributed by atoms with Crippen LogP contribution in [0.15, 0.2) is 53.4 Å². The average Bonchev–Trinajstić information content (AvgIpc) is 3.22. The molecule has 28 heavy (non-hydrogen) atoms. The van der Waals surface area contributed by atoms with Crippen LogP contribution in [-0.2, 0) is 21.4 Å². The van der Waals surface area contributed by atoms with Gasteiger partial charge in [-0.1, -0.05) is 18.2 Å². The first-order valence-electron chi connectivity index (χ1n) is 9.11. The van der Waals surface area contributed by atoms with Gasteiger partial charge >= 0.3 is 0 Å². The third-order valence-corrected chi connectivity index (χ3v) is 6.44. The molecule has 1 saturated heterocycles. The molecular formula is C20H23N3O4S. The molecule has 0 atom stereocenters. The lowest BCUT2D eigenvalue weighted by Crippen LogP contribution is -2.28. The number of nitrogens with one attached hydrogen (secondary N) is 2. The van der Waals surface area contributed by atoms with Gasteiger partial charge in [-0.2, -0.15) is 4.31 Å². The topological polar surface area (TPSA) is 95.6 Å². The fraction of sp³-hybridized carbons (Fsp3) is 0.300. The highest BCUT2D eigenvalue weighted by Gasteiger charge is 2.26. The quantitative estimate of drug-likeness (QED) is 0.777. The summed E-state index contributed by atoms with van der Waals surface area (Å²) in [6, 6.07) is 13.2. The van der Waals surface area contributed by atoms with Gasteiger partial charge in [0.2, 0.25) is 15.9 Å². The van der Waals surface area contributed by atoms with Crippen LogP contribution >= 0.6 is 0 Å². The smallest absolute Gasteiger partial charge is 0.251 e. The van der Waals surface area contributed by atoms with Crippen LogP contribution in [0, 0.1) is 0 Å². The normalized spacial score (nSPS) is 14.6. The Labute approximate surface area is 164 Å². The van der Waals surface area contributed by atoms with Crippen molar-refractivity contribution in [3.8, 4) is 0 Å².